The van der Waals surface area contributed by atoms with Gasteiger partial charge in [0.2, 0.25) is 0 Å². The quantitative estimate of drug-likeness (QED) is 0.819. The lowest BCUT2D eigenvalue weighted by Gasteiger charge is -2.32. The van der Waals surface area contributed by atoms with Gasteiger partial charge in [0.25, 0.3) is 0 Å². The molecule has 0 aliphatic carbocycles. The number of piperidine rings is 1. The molecule has 0 aromatic heterocycles. The van der Waals surface area contributed by atoms with Gasteiger partial charge in [-0.25, -0.2) is 0 Å². The van der Waals surface area contributed by atoms with E-state index in [9.17, 15) is 0 Å². The smallest absolute Gasteiger partial charge is 0.104 e. The molecule has 1 atom stereocenters. The van der Waals surface area contributed by atoms with E-state index in [1.165, 1.54) is 18.4 Å². The fourth-order valence-electron chi connectivity index (χ4n) is 2.81. The van der Waals surface area contributed by atoms with Crippen LogP contribution in [0.2, 0.25) is 0 Å². The van der Waals surface area contributed by atoms with Crippen LogP contribution in [0.1, 0.15) is 30.4 Å². The Balaban J connectivity index is 1.89. The largest absolute Gasteiger partial charge is 0.396 e. The fraction of sp³-hybridized carbons (Fsp3) is 0.529. The molecule has 0 radical (unpaired) electrons. The first-order valence-corrected chi connectivity index (χ1v) is 7.33. The van der Waals surface area contributed by atoms with Crippen LogP contribution < -0.4 is 0 Å². The molecule has 1 unspecified atom stereocenters. The van der Waals surface area contributed by atoms with Crippen molar-refractivity contribution in [3.05, 3.63) is 35.4 Å². The van der Waals surface area contributed by atoms with Gasteiger partial charge in [0.05, 0.1) is 0 Å². The summed E-state index contributed by atoms with van der Waals surface area (Å²) in [6.45, 7) is 3.41. The van der Waals surface area contributed by atoms with Crippen LogP contribution in [0, 0.1) is 17.8 Å². The Morgan fingerprint density at radius 2 is 2.00 bits per heavy atom. The van der Waals surface area contributed by atoms with E-state index in [1.54, 1.807) is 0 Å². The molecule has 1 aliphatic heterocycles. The van der Waals surface area contributed by atoms with Crippen molar-refractivity contribution in [2.24, 2.45) is 5.92 Å². The Hall–Kier alpha value is -1.34. The molecule has 1 aromatic carbocycles. The molecular formula is C17H23NO2. The number of nitrogens with zero attached hydrogens (tertiary/aromatic N) is 1. The summed E-state index contributed by atoms with van der Waals surface area (Å²) < 4.78 is 0. The Labute approximate surface area is 121 Å². The summed E-state index contributed by atoms with van der Waals surface area (Å²) in [6.07, 6.45) is 3.39. The van der Waals surface area contributed by atoms with Gasteiger partial charge in [0, 0.05) is 25.3 Å². The van der Waals surface area contributed by atoms with E-state index >= 15 is 0 Å². The molecule has 1 saturated heterocycles. The van der Waals surface area contributed by atoms with E-state index in [1.807, 2.05) is 12.1 Å². The molecule has 2 rings (SSSR count). The summed E-state index contributed by atoms with van der Waals surface area (Å²) in [7, 11) is 0. The van der Waals surface area contributed by atoms with E-state index in [2.05, 4.69) is 28.9 Å². The van der Waals surface area contributed by atoms with Gasteiger partial charge in [-0.2, -0.15) is 0 Å². The SMILES string of the molecule is OCC#Cc1ccc(CN2CCCC(CCO)C2)cc1. The zero-order valence-electron chi connectivity index (χ0n) is 11.9. The monoisotopic (exact) mass is 273 g/mol. The maximum atomic E-state index is 9.05. The maximum absolute atomic E-state index is 9.05. The van der Waals surface area contributed by atoms with Crippen LogP contribution >= 0.6 is 0 Å². The molecule has 3 nitrogen and oxygen atoms in total. The van der Waals surface area contributed by atoms with Crippen molar-refractivity contribution in [3.8, 4) is 11.8 Å². The number of rotatable bonds is 4. The fourth-order valence-corrected chi connectivity index (χ4v) is 2.81. The molecule has 0 saturated carbocycles. The van der Waals surface area contributed by atoms with Crippen molar-refractivity contribution < 1.29 is 10.2 Å². The number of likely N-dealkylation sites (tertiary alicyclic amines) is 1. The summed E-state index contributed by atoms with van der Waals surface area (Å²) in [5.41, 5.74) is 2.24. The molecule has 1 fully saturated rings. The second-order valence-electron chi connectivity index (χ2n) is 5.41. The van der Waals surface area contributed by atoms with Crippen molar-refractivity contribution >= 4 is 0 Å². The molecule has 0 spiro atoms. The highest BCUT2D eigenvalue weighted by molar-refractivity contribution is 5.36. The third kappa shape index (κ3) is 4.64. The average Bonchev–Trinajstić information content (AvgIpc) is 2.47. The predicted molar refractivity (Wildman–Crippen MR) is 80.1 cm³/mol. The number of hydrogen-bond donors (Lipinski definition) is 2. The molecule has 0 amide bonds. The minimum absolute atomic E-state index is 0.0955. The highest BCUT2D eigenvalue weighted by atomic mass is 16.3. The minimum atomic E-state index is -0.0955. The zero-order valence-corrected chi connectivity index (χ0v) is 11.9. The van der Waals surface area contributed by atoms with Crippen molar-refractivity contribution in [2.45, 2.75) is 25.8 Å². The van der Waals surface area contributed by atoms with Gasteiger partial charge in [-0.1, -0.05) is 24.0 Å². The lowest BCUT2D eigenvalue weighted by Crippen LogP contribution is -2.35. The molecule has 1 aromatic rings. The second kappa shape index (κ2) is 8.06. The van der Waals surface area contributed by atoms with E-state index in [4.69, 9.17) is 10.2 Å². The van der Waals surface area contributed by atoms with Crippen LogP contribution in [-0.2, 0) is 6.54 Å². The van der Waals surface area contributed by atoms with Gasteiger partial charge in [0.15, 0.2) is 0 Å². The van der Waals surface area contributed by atoms with Gasteiger partial charge in [-0.05, 0) is 49.4 Å². The Morgan fingerprint density at radius 1 is 1.20 bits per heavy atom. The van der Waals surface area contributed by atoms with E-state index in [0.29, 0.717) is 12.5 Å². The number of aliphatic hydroxyl groups is 2. The molecule has 108 valence electrons. The zero-order chi connectivity index (χ0) is 14.2. The van der Waals surface area contributed by atoms with Crippen LogP contribution in [0.4, 0.5) is 0 Å². The van der Waals surface area contributed by atoms with Gasteiger partial charge in [0.1, 0.15) is 6.61 Å². The summed E-state index contributed by atoms with van der Waals surface area (Å²) in [5, 5.41) is 17.7. The second-order valence-corrected chi connectivity index (χ2v) is 5.41. The van der Waals surface area contributed by atoms with Crippen LogP contribution in [0.15, 0.2) is 24.3 Å². The van der Waals surface area contributed by atoms with Crippen molar-refractivity contribution in [1.29, 1.82) is 0 Å². The Morgan fingerprint density at radius 3 is 2.70 bits per heavy atom. The topological polar surface area (TPSA) is 43.7 Å². The summed E-state index contributed by atoms with van der Waals surface area (Å²) >= 11 is 0. The number of benzene rings is 1. The maximum Gasteiger partial charge on any atom is 0.104 e. The van der Waals surface area contributed by atoms with E-state index in [0.717, 1.165) is 31.6 Å². The van der Waals surface area contributed by atoms with Gasteiger partial charge in [-0.3, -0.25) is 4.90 Å². The minimum Gasteiger partial charge on any atom is -0.396 e. The first-order chi connectivity index (χ1) is 9.81. The predicted octanol–water partition coefficient (Wildman–Crippen LogP) is 1.62. The van der Waals surface area contributed by atoms with Gasteiger partial charge < -0.3 is 10.2 Å². The van der Waals surface area contributed by atoms with Gasteiger partial charge >= 0.3 is 0 Å². The normalized spacial score (nSPS) is 19.4. The number of aliphatic hydroxyl groups excluding tert-OH is 2. The first kappa shape index (κ1) is 15.1. The third-order valence-electron chi connectivity index (χ3n) is 3.81. The van der Waals surface area contributed by atoms with E-state index in [-0.39, 0.29) is 6.61 Å². The van der Waals surface area contributed by atoms with Crippen LogP contribution in [0.5, 0.6) is 0 Å². The lowest BCUT2D eigenvalue weighted by molar-refractivity contribution is 0.142. The van der Waals surface area contributed by atoms with Gasteiger partial charge in [-0.15, -0.1) is 0 Å². The average molecular weight is 273 g/mol. The standard InChI is InChI=1S/C17H23NO2/c19-11-2-4-15-5-7-17(8-6-15)14-18-10-1-3-16(13-18)9-12-20/h5-8,16,19-20H,1,3,9-14H2. The summed E-state index contributed by atoms with van der Waals surface area (Å²) in [4.78, 5) is 2.47. The van der Waals surface area contributed by atoms with Crippen molar-refractivity contribution in [3.63, 3.8) is 0 Å². The Kier molecular flexibility index (Phi) is 6.07. The molecule has 0 bridgehead atoms. The third-order valence-corrected chi connectivity index (χ3v) is 3.81. The Bertz CT molecular complexity index is 456. The van der Waals surface area contributed by atoms with E-state index < -0.39 is 0 Å². The molecule has 1 heterocycles. The van der Waals surface area contributed by atoms with Crippen LogP contribution in [0.25, 0.3) is 0 Å². The highest BCUT2D eigenvalue weighted by Gasteiger charge is 2.19. The molecular weight excluding hydrogens is 250 g/mol. The lowest BCUT2D eigenvalue weighted by atomic mass is 9.95. The molecule has 3 heteroatoms. The molecule has 2 N–H and O–H groups in total. The number of hydrogen-bond acceptors (Lipinski definition) is 3. The summed E-state index contributed by atoms with van der Waals surface area (Å²) in [6, 6.07) is 8.23. The molecule has 20 heavy (non-hydrogen) atoms. The first-order valence-electron chi connectivity index (χ1n) is 7.33. The molecule has 1 aliphatic rings. The van der Waals surface area contributed by atoms with Crippen molar-refractivity contribution in [1.82, 2.24) is 4.90 Å². The van der Waals surface area contributed by atoms with Crippen LogP contribution in [0.3, 0.4) is 0 Å². The summed E-state index contributed by atoms with van der Waals surface area (Å²) in [5.74, 6) is 6.21. The highest BCUT2D eigenvalue weighted by Crippen LogP contribution is 2.21. The van der Waals surface area contributed by atoms with Crippen molar-refractivity contribution in [2.75, 3.05) is 26.3 Å². The van der Waals surface area contributed by atoms with Crippen LogP contribution in [-0.4, -0.2) is 41.4 Å².